The van der Waals surface area contributed by atoms with Crippen molar-refractivity contribution < 1.29 is 8.81 Å². The number of rotatable bonds is 6. The van der Waals surface area contributed by atoms with Gasteiger partial charge in [0.1, 0.15) is 11.6 Å². The van der Waals surface area contributed by atoms with Crippen molar-refractivity contribution in [1.29, 1.82) is 0 Å². The maximum Gasteiger partial charge on any atom is 0.127 e. The molecule has 0 spiro atoms. The minimum Gasteiger partial charge on any atom is -0.468 e. The van der Waals surface area contributed by atoms with Crippen molar-refractivity contribution in [3.63, 3.8) is 0 Å². The molecule has 1 aromatic carbocycles. The maximum atomic E-state index is 13.6. The van der Waals surface area contributed by atoms with Gasteiger partial charge in [-0.05, 0) is 31.7 Å². The van der Waals surface area contributed by atoms with E-state index < -0.39 is 0 Å². The van der Waals surface area contributed by atoms with E-state index >= 15 is 0 Å². The topological polar surface area (TPSA) is 42.4 Å². The number of halogens is 1. The third kappa shape index (κ3) is 3.91. The highest BCUT2D eigenvalue weighted by Crippen LogP contribution is 2.18. The van der Waals surface area contributed by atoms with Crippen LogP contribution in [0.3, 0.4) is 0 Å². The molecule has 1 heterocycles. The van der Waals surface area contributed by atoms with E-state index in [0.717, 1.165) is 18.8 Å². The van der Waals surface area contributed by atoms with E-state index in [1.54, 1.807) is 18.4 Å². The van der Waals surface area contributed by atoms with Crippen LogP contribution in [0, 0.1) is 5.82 Å². The van der Waals surface area contributed by atoms with Crippen LogP contribution in [0.1, 0.15) is 23.8 Å². The van der Waals surface area contributed by atoms with Gasteiger partial charge in [0.25, 0.3) is 0 Å². The van der Waals surface area contributed by atoms with Crippen molar-refractivity contribution in [2.45, 2.75) is 19.0 Å². The smallest absolute Gasteiger partial charge is 0.127 e. The molecule has 0 saturated carbocycles. The van der Waals surface area contributed by atoms with Crippen LogP contribution in [0.4, 0.5) is 4.39 Å². The first-order chi connectivity index (χ1) is 9.16. The summed E-state index contributed by atoms with van der Waals surface area (Å²) in [6.07, 6.45) is 2.37. The van der Waals surface area contributed by atoms with Crippen LogP contribution in [0.15, 0.2) is 47.1 Å². The molecular formula is C15H19FN2O. The molecule has 0 aliphatic carbocycles. The molecule has 0 fully saturated rings. The van der Waals surface area contributed by atoms with E-state index in [-0.39, 0.29) is 11.9 Å². The zero-order chi connectivity index (χ0) is 13.7. The van der Waals surface area contributed by atoms with Gasteiger partial charge in [-0.3, -0.25) is 4.90 Å². The molecule has 1 aromatic heterocycles. The zero-order valence-electron chi connectivity index (χ0n) is 11.1. The number of hydrogen-bond donors (Lipinski definition) is 1. The van der Waals surface area contributed by atoms with Crippen LogP contribution < -0.4 is 5.73 Å². The van der Waals surface area contributed by atoms with Crippen LogP contribution in [0.2, 0.25) is 0 Å². The second-order valence-electron chi connectivity index (χ2n) is 4.73. The zero-order valence-corrected chi connectivity index (χ0v) is 11.1. The van der Waals surface area contributed by atoms with Gasteiger partial charge in [-0.1, -0.05) is 18.2 Å². The maximum absolute atomic E-state index is 13.6. The summed E-state index contributed by atoms with van der Waals surface area (Å²) in [6, 6.07) is 10.2. The molecule has 19 heavy (non-hydrogen) atoms. The van der Waals surface area contributed by atoms with Crippen LogP contribution in [-0.2, 0) is 6.54 Å². The minimum atomic E-state index is -0.278. The summed E-state index contributed by atoms with van der Waals surface area (Å²) in [7, 11) is 2.00. The highest BCUT2D eigenvalue weighted by atomic mass is 19.1. The van der Waals surface area contributed by atoms with Gasteiger partial charge in [0.05, 0.1) is 12.8 Å². The molecule has 0 aliphatic rings. The number of benzene rings is 1. The SMILES string of the molecule is CN(CCC(N)c1ccccc1F)Cc1ccco1. The normalized spacial score (nSPS) is 12.8. The summed E-state index contributed by atoms with van der Waals surface area (Å²) >= 11 is 0. The molecule has 1 unspecified atom stereocenters. The Morgan fingerprint density at radius 1 is 1.26 bits per heavy atom. The van der Waals surface area contributed by atoms with E-state index in [1.165, 1.54) is 6.07 Å². The molecule has 2 N–H and O–H groups in total. The van der Waals surface area contributed by atoms with E-state index in [4.69, 9.17) is 10.2 Å². The standard InChI is InChI=1S/C15H19FN2O/c1-18(11-12-5-4-10-19-12)9-8-15(17)13-6-2-3-7-14(13)16/h2-7,10,15H,8-9,11,17H2,1H3. The predicted molar refractivity (Wildman–Crippen MR) is 73.0 cm³/mol. The summed E-state index contributed by atoms with van der Waals surface area (Å²) in [6.45, 7) is 1.52. The molecule has 102 valence electrons. The predicted octanol–water partition coefficient (Wildman–Crippen LogP) is 2.94. The Morgan fingerprint density at radius 3 is 2.74 bits per heavy atom. The molecule has 3 nitrogen and oxygen atoms in total. The van der Waals surface area contributed by atoms with Gasteiger partial charge in [0.2, 0.25) is 0 Å². The Hall–Kier alpha value is -1.65. The van der Waals surface area contributed by atoms with Gasteiger partial charge >= 0.3 is 0 Å². The molecule has 2 rings (SSSR count). The molecule has 1 atom stereocenters. The molecular weight excluding hydrogens is 243 g/mol. The Balaban J connectivity index is 1.83. The summed E-state index contributed by atoms with van der Waals surface area (Å²) in [5, 5.41) is 0. The fourth-order valence-electron chi connectivity index (χ4n) is 2.04. The third-order valence-electron chi connectivity index (χ3n) is 3.13. The third-order valence-corrected chi connectivity index (χ3v) is 3.13. The number of hydrogen-bond acceptors (Lipinski definition) is 3. The van der Waals surface area contributed by atoms with Gasteiger partial charge in [-0.25, -0.2) is 4.39 Å². The number of furan rings is 1. The quantitative estimate of drug-likeness (QED) is 0.870. The van der Waals surface area contributed by atoms with E-state index in [9.17, 15) is 4.39 Å². The van der Waals surface area contributed by atoms with Crippen molar-refractivity contribution in [3.8, 4) is 0 Å². The first kappa shape index (κ1) is 13.8. The average molecular weight is 262 g/mol. The van der Waals surface area contributed by atoms with Gasteiger partial charge in [0.15, 0.2) is 0 Å². The first-order valence-corrected chi connectivity index (χ1v) is 6.37. The lowest BCUT2D eigenvalue weighted by molar-refractivity contribution is 0.283. The molecule has 4 heteroatoms. The molecule has 0 saturated heterocycles. The van der Waals surface area contributed by atoms with Crippen LogP contribution in [-0.4, -0.2) is 18.5 Å². The average Bonchev–Trinajstić information content (AvgIpc) is 2.89. The fraction of sp³-hybridized carbons (Fsp3) is 0.333. The fourth-order valence-corrected chi connectivity index (χ4v) is 2.04. The highest BCUT2D eigenvalue weighted by Gasteiger charge is 2.12. The molecule has 0 amide bonds. The van der Waals surface area contributed by atoms with E-state index in [0.29, 0.717) is 12.0 Å². The second kappa shape index (κ2) is 6.50. The summed E-state index contributed by atoms with van der Waals surface area (Å²) in [4.78, 5) is 2.11. The van der Waals surface area contributed by atoms with Crippen LogP contribution in [0.5, 0.6) is 0 Å². The van der Waals surface area contributed by atoms with Gasteiger partial charge in [0, 0.05) is 18.2 Å². The monoisotopic (exact) mass is 262 g/mol. The van der Waals surface area contributed by atoms with E-state index in [1.807, 2.05) is 25.2 Å². The van der Waals surface area contributed by atoms with Gasteiger partial charge in [-0.15, -0.1) is 0 Å². The Kier molecular flexibility index (Phi) is 4.71. The Labute approximate surface area is 112 Å². The van der Waals surface area contributed by atoms with Crippen molar-refractivity contribution in [3.05, 3.63) is 59.8 Å². The van der Waals surface area contributed by atoms with Crippen LogP contribution in [0.25, 0.3) is 0 Å². The first-order valence-electron chi connectivity index (χ1n) is 6.37. The molecule has 0 aliphatic heterocycles. The number of nitrogens with zero attached hydrogens (tertiary/aromatic N) is 1. The lowest BCUT2D eigenvalue weighted by Gasteiger charge is -2.18. The van der Waals surface area contributed by atoms with Crippen molar-refractivity contribution >= 4 is 0 Å². The molecule has 0 radical (unpaired) electrons. The largest absolute Gasteiger partial charge is 0.468 e. The second-order valence-corrected chi connectivity index (χ2v) is 4.73. The van der Waals surface area contributed by atoms with E-state index in [2.05, 4.69) is 4.90 Å². The Morgan fingerprint density at radius 2 is 2.05 bits per heavy atom. The van der Waals surface area contributed by atoms with Crippen molar-refractivity contribution in [2.24, 2.45) is 5.73 Å². The van der Waals surface area contributed by atoms with Crippen molar-refractivity contribution in [1.82, 2.24) is 4.90 Å². The van der Waals surface area contributed by atoms with Crippen LogP contribution >= 0.6 is 0 Å². The summed E-state index contributed by atoms with van der Waals surface area (Å²) < 4.78 is 18.8. The van der Waals surface area contributed by atoms with Gasteiger partial charge in [-0.2, -0.15) is 0 Å². The number of nitrogens with two attached hydrogens (primary N) is 1. The highest BCUT2D eigenvalue weighted by molar-refractivity contribution is 5.20. The lowest BCUT2D eigenvalue weighted by atomic mass is 10.0. The minimum absolute atomic E-state index is 0.233. The Bertz CT molecular complexity index is 499. The van der Waals surface area contributed by atoms with Crippen molar-refractivity contribution in [2.75, 3.05) is 13.6 Å². The summed E-state index contributed by atoms with van der Waals surface area (Å²) in [5.41, 5.74) is 6.61. The molecule has 2 aromatic rings. The van der Waals surface area contributed by atoms with Gasteiger partial charge < -0.3 is 10.2 Å². The lowest BCUT2D eigenvalue weighted by Crippen LogP contribution is -2.23. The summed E-state index contributed by atoms with van der Waals surface area (Å²) in [5.74, 6) is 0.686. The molecule has 0 bridgehead atoms.